The fraction of sp³-hybridized carbons (Fsp3) is 0.214. The lowest BCUT2D eigenvalue weighted by Crippen LogP contribution is -1.93. The molecule has 0 amide bonds. The molecular formula is C14H11N3O2S2. The highest BCUT2D eigenvalue weighted by molar-refractivity contribution is 7.99. The molecule has 1 aliphatic rings. The van der Waals surface area contributed by atoms with Crippen molar-refractivity contribution in [3.63, 3.8) is 0 Å². The molecule has 0 spiro atoms. The topological polar surface area (TPSA) is 60.4 Å². The largest absolute Gasteiger partial charge is 0.363 e. The average Bonchev–Trinajstić information content (AvgIpc) is 3.11. The van der Waals surface area contributed by atoms with Crippen molar-refractivity contribution >= 4 is 33.9 Å². The SMILES string of the molecule is O=[N+]([O-])c1c(Sc2ccc3c(c2)CCC3)nc2sccn12. The Bertz CT molecular complexity index is 853. The number of nitro groups is 1. The number of imidazole rings is 1. The number of rotatable bonds is 3. The van der Waals surface area contributed by atoms with Gasteiger partial charge in [0.1, 0.15) is 6.20 Å². The van der Waals surface area contributed by atoms with Crippen molar-refractivity contribution in [2.45, 2.75) is 29.2 Å². The predicted molar refractivity (Wildman–Crippen MR) is 82.3 cm³/mol. The third-order valence-electron chi connectivity index (χ3n) is 3.66. The number of thiazole rings is 1. The Balaban J connectivity index is 1.75. The van der Waals surface area contributed by atoms with E-state index in [1.54, 1.807) is 16.0 Å². The zero-order valence-corrected chi connectivity index (χ0v) is 12.6. The van der Waals surface area contributed by atoms with Crippen LogP contribution in [0, 0.1) is 10.1 Å². The van der Waals surface area contributed by atoms with Gasteiger partial charge >= 0.3 is 5.82 Å². The van der Waals surface area contributed by atoms with Gasteiger partial charge in [0.05, 0.1) is 0 Å². The van der Waals surface area contributed by atoms with E-state index in [9.17, 15) is 10.1 Å². The van der Waals surface area contributed by atoms with Gasteiger partial charge in [-0.1, -0.05) is 29.2 Å². The molecule has 1 aromatic carbocycles. The maximum absolute atomic E-state index is 11.3. The van der Waals surface area contributed by atoms with Crippen molar-refractivity contribution in [2.24, 2.45) is 0 Å². The maximum atomic E-state index is 11.3. The first kappa shape index (κ1) is 12.8. The number of hydrogen-bond acceptors (Lipinski definition) is 5. The van der Waals surface area contributed by atoms with Crippen LogP contribution in [0.5, 0.6) is 0 Å². The van der Waals surface area contributed by atoms with Crippen LogP contribution in [0.3, 0.4) is 0 Å². The maximum Gasteiger partial charge on any atom is 0.363 e. The van der Waals surface area contributed by atoms with E-state index in [0.29, 0.717) is 9.99 Å². The third kappa shape index (κ3) is 2.13. The van der Waals surface area contributed by atoms with Gasteiger partial charge in [-0.25, -0.2) is 0 Å². The molecule has 4 rings (SSSR count). The van der Waals surface area contributed by atoms with Crippen LogP contribution in [0.15, 0.2) is 39.7 Å². The fourth-order valence-electron chi connectivity index (χ4n) is 2.71. The molecule has 3 aromatic rings. The highest BCUT2D eigenvalue weighted by atomic mass is 32.2. The zero-order chi connectivity index (χ0) is 14.4. The molecule has 7 heteroatoms. The van der Waals surface area contributed by atoms with Gasteiger partial charge in [0.25, 0.3) is 4.96 Å². The van der Waals surface area contributed by atoms with Crippen molar-refractivity contribution in [1.82, 2.24) is 9.38 Å². The van der Waals surface area contributed by atoms with Crippen LogP contribution in [0.1, 0.15) is 17.5 Å². The van der Waals surface area contributed by atoms with E-state index < -0.39 is 0 Å². The second-order valence-corrected chi connectivity index (χ2v) is 6.87. The number of hydrogen-bond donors (Lipinski definition) is 0. The van der Waals surface area contributed by atoms with E-state index in [0.717, 1.165) is 17.7 Å². The molecule has 0 fully saturated rings. The average molecular weight is 317 g/mol. The van der Waals surface area contributed by atoms with Crippen LogP contribution in [0.4, 0.5) is 5.82 Å². The Kier molecular flexibility index (Phi) is 2.97. The van der Waals surface area contributed by atoms with Crippen molar-refractivity contribution in [2.75, 3.05) is 0 Å². The van der Waals surface area contributed by atoms with E-state index in [1.165, 1.54) is 40.6 Å². The molecule has 5 nitrogen and oxygen atoms in total. The van der Waals surface area contributed by atoms with Gasteiger partial charge in [0.15, 0.2) is 0 Å². The first-order chi connectivity index (χ1) is 10.2. The molecule has 0 bridgehead atoms. The monoisotopic (exact) mass is 317 g/mol. The molecule has 21 heavy (non-hydrogen) atoms. The molecule has 2 aromatic heterocycles. The van der Waals surface area contributed by atoms with E-state index >= 15 is 0 Å². The van der Waals surface area contributed by atoms with Gasteiger partial charge in [0.2, 0.25) is 5.03 Å². The number of fused-ring (bicyclic) bond motifs is 2. The summed E-state index contributed by atoms with van der Waals surface area (Å²) >= 11 is 2.78. The van der Waals surface area contributed by atoms with E-state index in [-0.39, 0.29) is 10.7 Å². The molecule has 0 unspecified atom stereocenters. The minimum absolute atomic E-state index is 0.0525. The lowest BCUT2D eigenvalue weighted by molar-refractivity contribution is -0.393. The molecule has 0 aliphatic heterocycles. The lowest BCUT2D eigenvalue weighted by Gasteiger charge is -2.03. The first-order valence-electron chi connectivity index (χ1n) is 6.62. The first-order valence-corrected chi connectivity index (χ1v) is 8.31. The van der Waals surface area contributed by atoms with Crippen LogP contribution >= 0.6 is 23.1 Å². The summed E-state index contributed by atoms with van der Waals surface area (Å²) in [6, 6.07) is 6.31. The Hall–Kier alpha value is -1.86. The van der Waals surface area contributed by atoms with Gasteiger partial charge in [-0.2, -0.15) is 9.38 Å². The molecule has 1 aliphatic carbocycles. The number of nitrogens with zero attached hydrogens (tertiary/aromatic N) is 3. The summed E-state index contributed by atoms with van der Waals surface area (Å²) in [5.41, 5.74) is 2.77. The summed E-state index contributed by atoms with van der Waals surface area (Å²) in [5, 5.41) is 13.6. The standard InChI is InChI=1S/C14H11N3O2S2/c18-17(19)13-12(15-14-16(13)6-7-20-14)21-11-5-4-9-2-1-3-10(9)8-11/h4-8H,1-3H2. The molecule has 0 saturated carbocycles. The fourth-order valence-corrected chi connectivity index (χ4v) is 4.44. The zero-order valence-electron chi connectivity index (χ0n) is 11.0. The Labute approximate surface area is 128 Å². The molecule has 0 N–H and O–H groups in total. The minimum atomic E-state index is -0.359. The van der Waals surface area contributed by atoms with Crippen molar-refractivity contribution in [3.8, 4) is 0 Å². The smallest absolute Gasteiger partial charge is 0.358 e. The quantitative estimate of drug-likeness (QED) is 0.542. The highest BCUT2D eigenvalue weighted by Gasteiger charge is 2.24. The van der Waals surface area contributed by atoms with E-state index in [1.807, 2.05) is 6.07 Å². The summed E-state index contributed by atoms with van der Waals surface area (Å²) in [5.74, 6) is 0.0525. The Morgan fingerprint density at radius 2 is 2.19 bits per heavy atom. The van der Waals surface area contributed by atoms with Gasteiger partial charge < -0.3 is 10.1 Å². The minimum Gasteiger partial charge on any atom is -0.358 e. The normalized spacial score (nSPS) is 13.7. The Morgan fingerprint density at radius 1 is 1.33 bits per heavy atom. The van der Waals surface area contributed by atoms with Crippen LogP contribution in [-0.4, -0.2) is 14.3 Å². The number of aryl methyl sites for hydroxylation is 2. The molecule has 0 saturated heterocycles. The van der Waals surface area contributed by atoms with E-state index in [2.05, 4.69) is 17.1 Å². The van der Waals surface area contributed by atoms with Gasteiger partial charge in [-0.05, 0) is 47.4 Å². The second kappa shape index (κ2) is 4.85. The van der Waals surface area contributed by atoms with Gasteiger partial charge in [-0.3, -0.25) is 0 Å². The second-order valence-electron chi connectivity index (χ2n) is 4.94. The molecule has 0 atom stereocenters. The predicted octanol–water partition coefficient (Wildman–Crippen LogP) is 3.94. The number of aromatic nitrogens is 2. The molecular weight excluding hydrogens is 306 g/mol. The van der Waals surface area contributed by atoms with Crippen molar-refractivity contribution < 1.29 is 4.92 Å². The van der Waals surface area contributed by atoms with Crippen molar-refractivity contribution in [3.05, 3.63) is 51.0 Å². The van der Waals surface area contributed by atoms with Gasteiger partial charge in [-0.15, -0.1) is 0 Å². The summed E-state index contributed by atoms with van der Waals surface area (Å²) in [4.78, 5) is 17.0. The lowest BCUT2D eigenvalue weighted by atomic mass is 10.1. The Morgan fingerprint density at radius 3 is 3.05 bits per heavy atom. The molecule has 106 valence electrons. The van der Waals surface area contributed by atoms with Crippen molar-refractivity contribution in [1.29, 1.82) is 0 Å². The van der Waals surface area contributed by atoms with Crippen LogP contribution in [0.2, 0.25) is 0 Å². The van der Waals surface area contributed by atoms with E-state index in [4.69, 9.17) is 0 Å². The van der Waals surface area contributed by atoms with Gasteiger partial charge in [0, 0.05) is 10.3 Å². The van der Waals surface area contributed by atoms with Crippen LogP contribution in [-0.2, 0) is 12.8 Å². The molecule has 0 radical (unpaired) electrons. The summed E-state index contributed by atoms with van der Waals surface area (Å²) in [6.07, 6.45) is 5.13. The number of benzene rings is 1. The summed E-state index contributed by atoms with van der Waals surface area (Å²) in [6.45, 7) is 0. The summed E-state index contributed by atoms with van der Waals surface area (Å²) in [7, 11) is 0. The molecule has 2 heterocycles. The summed E-state index contributed by atoms with van der Waals surface area (Å²) < 4.78 is 1.54. The van der Waals surface area contributed by atoms with Crippen LogP contribution < -0.4 is 0 Å². The third-order valence-corrected chi connectivity index (χ3v) is 5.38. The highest BCUT2D eigenvalue weighted by Crippen LogP contribution is 2.37. The van der Waals surface area contributed by atoms with Crippen LogP contribution in [0.25, 0.3) is 4.96 Å².